The Balaban J connectivity index is 2.04. The second kappa shape index (κ2) is 4.93. The van der Waals surface area contributed by atoms with E-state index in [1.165, 1.54) is 18.2 Å². The van der Waals surface area contributed by atoms with Gasteiger partial charge in [0.1, 0.15) is 5.82 Å². The average molecular weight is 286 g/mol. The molecular weight excluding hydrogens is 275 g/mol. The molecule has 1 N–H and O–H groups in total. The summed E-state index contributed by atoms with van der Waals surface area (Å²) in [6.07, 6.45) is 0. The van der Waals surface area contributed by atoms with Crippen molar-refractivity contribution in [1.82, 2.24) is 15.1 Å². The Morgan fingerprint density at radius 3 is 2.76 bits per heavy atom. The Hall–Kier alpha value is -2.83. The van der Waals surface area contributed by atoms with Gasteiger partial charge >= 0.3 is 6.01 Å². The van der Waals surface area contributed by atoms with Crippen LogP contribution < -0.4 is 5.32 Å². The summed E-state index contributed by atoms with van der Waals surface area (Å²) in [6.45, 7) is 3.38. The van der Waals surface area contributed by atoms with Crippen LogP contribution in [0.3, 0.4) is 0 Å². The number of nitrogens with one attached hydrogen (secondary N) is 1. The summed E-state index contributed by atoms with van der Waals surface area (Å²) in [5.41, 5.74) is 1.40. The topological polar surface area (TPSA) is 80.9 Å². The lowest BCUT2D eigenvalue weighted by Crippen LogP contribution is -2.13. The van der Waals surface area contributed by atoms with Crippen LogP contribution in [0.4, 0.5) is 10.4 Å². The molecular formula is C14H11FN4O2. The van der Waals surface area contributed by atoms with Gasteiger partial charge in [-0.15, -0.1) is 0 Å². The van der Waals surface area contributed by atoms with Crippen molar-refractivity contribution < 1.29 is 13.7 Å². The summed E-state index contributed by atoms with van der Waals surface area (Å²) in [4.78, 5) is 20.4. The van der Waals surface area contributed by atoms with Crippen molar-refractivity contribution in [2.24, 2.45) is 0 Å². The number of hydrogen-bond acceptors (Lipinski definition) is 5. The predicted molar refractivity (Wildman–Crippen MR) is 73.4 cm³/mol. The van der Waals surface area contributed by atoms with E-state index in [2.05, 4.69) is 20.4 Å². The van der Waals surface area contributed by atoms with E-state index in [0.29, 0.717) is 28.0 Å². The molecule has 6 nitrogen and oxygen atoms in total. The molecule has 0 aliphatic carbocycles. The average Bonchev–Trinajstić information content (AvgIpc) is 2.82. The van der Waals surface area contributed by atoms with E-state index < -0.39 is 11.7 Å². The number of pyridine rings is 1. The van der Waals surface area contributed by atoms with E-state index in [1.54, 1.807) is 19.9 Å². The molecule has 0 fully saturated rings. The van der Waals surface area contributed by atoms with E-state index in [-0.39, 0.29) is 6.01 Å². The molecule has 0 saturated heterocycles. The highest BCUT2D eigenvalue weighted by Crippen LogP contribution is 2.20. The zero-order valence-corrected chi connectivity index (χ0v) is 11.3. The van der Waals surface area contributed by atoms with Gasteiger partial charge in [-0.1, -0.05) is 5.16 Å². The molecule has 0 radical (unpaired) electrons. The van der Waals surface area contributed by atoms with Crippen molar-refractivity contribution in [1.29, 1.82) is 0 Å². The molecule has 0 saturated carbocycles. The van der Waals surface area contributed by atoms with Gasteiger partial charge in [0.25, 0.3) is 5.91 Å². The van der Waals surface area contributed by atoms with E-state index in [4.69, 9.17) is 4.52 Å². The summed E-state index contributed by atoms with van der Waals surface area (Å²) in [5, 5.41) is 6.66. The lowest BCUT2D eigenvalue weighted by atomic mass is 10.1. The molecule has 3 aromatic rings. The predicted octanol–water partition coefficient (Wildman–Crippen LogP) is 2.63. The van der Waals surface area contributed by atoms with E-state index in [0.717, 1.165) is 0 Å². The lowest BCUT2D eigenvalue weighted by Gasteiger charge is -2.07. The van der Waals surface area contributed by atoms with Crippen LogP contribution in [-0.4, -0.2) is 21.0 Å². The van der Waals surface area contributed by atoms with Crippen LogP contribution in [0, 0.1) is 19.7 Å². The molecule has 2 heterocycles. The fourth-order valence-electron chi connectivity index (χ4n) is 2.03. The number of aromatic nitrogens is 3. The third-order valence-corrected chi connectivity index (χ3v) is 2.89. The minimum Gasteiger partial charge on any atom is -0.315 e. The number of fused-ring (bicyclic) bond motifs is 1. The number of anilines is 1. The maximum absolute atomic E-state index is 13.3. The largest absolute Gasteiger partial charge is 0.328 e. The number of amides is 1. The first-order chi connectivity index (χ1) is 10.0. The second-order valence-electron chi connectivity index (χ2n) is 4.57. The van der Waals surface area contributed by atoms with E-state index in [9.17, 15) is 9.18 Å². The molecule has 3 rings (SSSR count). The normalized spacial score (nSPS) is 10.8. The van der Waals surface area contributed by atoms with Gasteiger partial charge in [0, 0.05) is 17.1 Å². The quantitative estimate of drug-likeness (QED) is 0.783. The van der Waals surface area contributed by atoms with Crippen LogP contribution in [0.15, 0.2) is 28.8 Å². The molecule has 0 unspecified atom stereocenters. The first-order valence-corrected chi connectivity index (χ1v) is 6.21. The molecule has 1 aromatic carbocycles. The van der Waals surface area contributed by atoms with Crippen molar-refractivity contribution in [3.05, 3.63) is 47.2 Å². The SMILES string of the molecule is Cc1cc(C(=O)Nc2nc(C)no2)c2ccc(F)cc2n1. The fourth-order valence-corrected chi connectivity index (χ4v) is 2.03. The van der Waals surface area contributed by atoms with E-state index >= 15 is 0 Å². The lowest BCUT2D eigenvalue weighted by molar-refractivity contribution is 0.102. The number of carbonyl (C=O) groups is 1. The molecule has 0 aliphatic rings. The maximum atomic E-state index is 13.3. The van der Waals surface area contributed by atoms with Crippen molar-refractivity contribution in [2.45, 2.75) is 13.8 Å². The van der Waals surface area contributed by atoms with Gasteiger partial charge in [0.2, 0.25) is 0 Å². The first-order valence-electron chi connectivity index (χ1n) is 6.21. The number of halogens is 1. The highest BCUT2D eigenvalue weighted by Gasteiger charge is 2.15. The molecule has 0 atom stereocenters. The zero-order valence-electron chi connectivity index (χ0n) is 11.3. The van der Waals surface area contributed by atoms with Gasteiger partial charge in [-0.3, -0.25) is 15.1 Å². The molecule has 0 spiro atoms. The Morgan fingerprint density at radius 2 is 2.05 bits per heavy atom. The summed E-state index contributed by atoms with van der Waals surface area (Å²) in [6, 6.07) is 5.73. The van der Waals surface area contributed by atoms with Crippen molar-refractivity contribution in [3.8, 4) is 0 Å². The Labute approximate surface area is 119 Å². The van der Waals surface area contributed by atoms with Gasteiger partial charge in [-0.05, 0) is 32.0 Å². The summed E-state index contributed by atoms with van der Waals surface area (Å²) < 4.78 is 18.1. The fraction of sp³-hybridized carbons (Fsp3) is 0.143. The van der Waals surface area contributed by atoms with E-state index in [1.807, 2.05) is 0 Å². The number of aryl methyl sites for hydroxylation is 2. The van der Waals surface area contributed by atoms with Crippen LogP contribution in [0.5, 0.6) is 0 Å². The standard InChI is InChI=1S/C14H11FN4O2/c1-7-5-11(10-4-3-9(15)6-12(10)16-7)13(20)18-14-17-8(2)19-21-14/h3-6H,1-2H3,(H,17,18,19,20). The smallest absolute Gasteiger partial charge is 0.315 e. The number of nitrogens with zero attached hydrogens (tertiary/aromatic N) is 3. The summed E-state index contributed by atoms with van der Waals surface area (Å²) >= 11 is 0. The first kappa shape index (κ1) is 13.2. The molecule has 7 heteroatoms. The third-order valence-electron chi connectivity index (χ3n) is 2.89. The van der Waals surface area contributed by atoms with Crippen molar-refractivity contribution >= 4 is 22.8 Å². The van der Waals surface area contributed by atoms with Gasteiger partial charge in [0.05, 0.1) is 11.1 Å². The Kier molecular flexibility index (Phi) is 3.09. The van der Waals surface area contributed by atoms with Crippen LogP contribution >= 0.6 is 0 Å². The van der Waals surface area contributed by atoms with Crippen LogP contribution in [0.1, 0.15) is 21.9 Å². The Bertz CT molecular complexity index is 839. The van der Waals surface area contributed by atoms with Gasteiger partial charge in [0.15, 0.2) is 5.82 Å². The highest BCUT2D eigenvalue weighted by atomic mass is 19.1. The van der Waals surface area contributed by atoms with Gasteiger partial charge in [-0.25, -0.2) is 4.39 Å². The van der Waals surface area contributed by atoms with Crippen molar-refractivity contribution in [2.75, 3.05) is 5.32 Å². The van der Waals surface area contributed by atoms with Crippen LogP contribution in [0.25, 0.3) is 10.9 Å². The number of carbonyl (C=O) groups excluding carboxylic acids is 1. The maximum Gasteiger partial charge on any atom is 0.328 e. The minimum atomic E-state index is -0.416. The van der Waals surface area contributed by atoms with Crippen molar-refractivity contribution in [3.63, 3.8) is 0 Å². The molecule has 1 amide bonds. The second-order valence-corrected chi connectivity index (χ2v) is 4.57. The number of rotatable bonds is 2. The van der Waals surface area contributed by atoms with Crippen LogP contribution in [0.2, 0.25) is 0 Å². The monoisotopic (exact) mass is 286 g/mol. The highest BCUT2D eigenvalue weighted by molar-refractivity contribution is 6.11. The number of hydrogen-bond donors (Lipinski definition) is 1. The third kappa shape index (κ3) is 2.58. The Morgan fingerprint density at radius 1 is 1.24 bits per heavy atom. The minimum absolute atomic E-state index is 0.0160. The number of benzene rings is 1. The van der Waals surface area contributed by atoms with Gasteiger partial charge in [-0.2, -0.15) is 4.98 Å². The molecule has 21 heavy (non-hydrogen) atoms. The zero-order chi connectivity index (χ0) is 15.0. The summed E-state index contributed by atoms with van der Waals surface area (Å²) in [7, 11) is 0. The van der Waals surface area contributed by atoms with Gasteiger partial charge < -0.3 is 4.52 Å². The molecule has 0 bridgehead atoms. The molecule has 2 aromatic heterocycles. The molecule has 106 valence electrons. The summed E-state index contributed by atoms with van der Waals surface area (Å²) in [5.74, 6) is -0.400. The van der Waals surface area contributed by atoms with Crippen LogP contribution in [-0.2, 0) is 0 Å². The molecule has 0 aliphatic heterocycles.